The van der Waals surface area contributed by atoms with Crippen molar-refractivity contribution in [2.24, 2.45) is 0 Å². The van der Waals surface area contributed by atoms with E-state index in [1.54, 1.807) is 17.5 Å². The fraction of sp³-hybridized carbons (Fsp3) is 0.417. The van der Waals surface area contributed by atoms with E-state index in [0.29, 0.717) is 5.56 Å². The van der Waals surface area contributed by atoms with Crippen LogP contribution in [0.4, 0.5) is 5.82 Å². The Balaban J connectivity index is 1.67. The summed E-state index contributed by atoms with van der Waals surface area (Å²) in [5.74, 6) is 0.718. The lowest BCUT2D eigenvalue weighted by Crippen LogP contribution is -2.45. The molecule has 0 saturated heterocycles. The Labute approximate surface area is 182 Å². The van der Waals surface area contributed by atoms with E-state index < -0.39 is 0 Å². The van der Waals surface area contributed by atoms with Gasteiger partial charge in [0.05, 0.1) is 23.3 Å². The number of fused-ring (bicyclic) bond motifs is 1. The number of aromatic nitrogens is 2. The number of benzene rings is 1. The first kappa shape index (κ1) is 20.7. The third kappa shape index (κ3) is 3.54. The Hall–Kier alpha value is -2.60. The highest BCUT2D eigenvalue weighted by Crippen LogP contribution is 2.40. The summed E-state index contributed by atoms with van der Waals surface area (Å²) in [5, 5.41) is 13.6. The minimum atomic E-state index is -0.358. The first-order valence-corrected chi connectivity index (χ1v) is 11.5. The van der Waals surface area contributed by atoms with E-state index in [1.165, 1.54) is 10.4 Å². The fourth-order valence-corrected chi connectivity index (χ4v) is 5.50. The number of hydrogen-bond donors (Lipinski definition) is 2. The summed E-state index contributed by atoms with van der Waals surface area (Å²) in [7, 11) is 0. The molecule has 158 valence electrons. The number of hydrogen-bond acceptors (Lipinski definition) is 4. The van der Waals surface area contributed by atoms with Gasteiger partial charge in [0, 0.05) is 4.88 Å². The third-order valence-electron chi connectivity index (χ3n) is 6.36. The minimum absolute atomic E-state index is 0.0784. The first-order valence-electron chi connectivity index (χ1n) is 10.7. The Morgan fingerprint density at radius 2 is 1.97 bits per heavy atom. The standard InChI is InChI=1S/C24H30N4OS/c1-5-24(6-2,20-13-10-14-30-20)27-22(29)18-16-25-28-21(18)26-19(15-23(28,3)4)17-11-8-7-9-12-17/h7-14,16,19,26H,5-6,15H2,1-4H3,(H,27,29). The van der Waals surface area contributed by atoms with Crippen LogP contribution in [0.25, 0.3) is 0 Å². The molecule has 1 aromatic carbocycles. The van der Waals surface area contributed by atoms with Gasteiger partial charge in [-0.25, -0.2) is 4.68 Å². The lowest BCUT2D eigenvalue weighted by molar-refractivity contribution is 0.0892. The predicted molar refractivity (Wildman–Crippen MR) is 123 cm³/mol. The SMILES string of the molecule is CCC(CC)(NC(=O)c1cnn2c1NC(c1ccccc1)CC2(C)C)c1cccs1. The van der Waals surface area contributed by atoms with Crippen molar-refractivity contribution in [2.45, 2.75) is 64.1 Å². The van der Waals surface area contributed by atoms with E-state index in [1.807, 2.05) is 16.8 Å². The van der Waals surface area contributed by atoms with Crippen LogP contribution in [0, 0.1) is 0 Å². The van der Waals surface area contributed by atoms with Crippen LogP contribution in [-0.4, -0.2) is 15.7 Å². The smallest absolute Gasteiger partial charge is 0.257 e. The van der Waals surface area contributed by atoms with E-state index in [2.05, 4.69) is 79.1 Å². The molecule has 3 heterocycles. The van der Waals surface area contributed by atoms with Crippen molar-refractivity contribution in [3.05, 3.63) is 70.0 Å². The van der Waals surface area contributed by atoms with Gasteiger partial charge < -0.3 is 10.6 Å². The van der Waals surface area contributed by atoms with E-state index in [9.17, 15) is 4.79 Å². The van der Waals surface area contributed by atoms with E-state index in [4.69, 9.17) is 0 Å². The number of carbonyl (C=O) groups is 1. The number of rotatable bonds is 6. The van der Waals surface area contributed by atoms with Crippen molar-refractivity contribution in [3.63, 3.8) is 0 Å². The van der Waals surface area contributed by atoms with Crippen LogP contribution in [0.2, 0.25) is 0 Å². The molecule has 2 aromatic heterocycles. The Bertz CT molecular complexity index is 1000. The van der Waals surface area contributed by atoms with Gasteiger partial charge in [-0.15, -0.1) is 11.3 Å². The second-order valence-electron chi connectivity index (χ2n) is 8.66. The minimum Gasteiger partial charge on any atom is -0.363 e. The maximum atomic E-state index is 13.5. The molecule has 1 unspecified atom stereocenters. The van der Waals surface area contributed by atoms with Crippen LogP contribution in [0.5, 0.6) is 0 Å². The van der Waals surface area contributed by atoms with Crippen LogP contribution >= 0.6 is 11.3 Å². The van der Waals surface area contributed by atoms with Crippen molar-refractivity contribution in [1.82, 2.24) is 15.1 Å². The highest BCUT2D eigenvalue weighted by molar-refractivity contribution is 7.10. The van der Waals surface area contributed by atoms with Crippen molar-refractivity contribution < 1.29 is 4.79 Å². The molecule has 3 aromatic rings. The topological polar surface area (TPSA) is 59.0 Å². The number of amides is 1. The molecule has 1 aliphatic rings. The highest BCUT2D eigenvalue weighted by atomic mass is 32.1. The van der Waals surface area contributed by atoms with Gasteiger partial charge in [0.25, 0.3) is 5.91 Å². The normalized spacial score (nSPS) is 17.8. The Morgan fingerprint density at radius 3 is 2.60 bits per heavy atom. The molecule has 4 rings (SSSR count). The van der Waals surface area contributed by atoms with E-state index in [0.717, 1.165) is 25.1 Å². The molecule has 30 heavy (non-hydrogen) atoms. The van der Waals surface area contributed by atoms with E-state index in [-0.39, 0.29) is 23.0 Å². The maximum Gasteiger partial charge on any atom is 0.257 e. The summed E-state index contributed by atoms with van der Waals surface area (Å²) in [6.45, 7) is 8.61. The number of anilines is 1. The molecule has 5 nitrogen and oxygen atoms in total. The average molecular weight is 423 g/mol. The van der Waals surface area contributed by atoms with Crippen LogP contribution in [0.3, 0.4) is 0 Å². The van der Waals surface area contributed by atoms with Crippen LogP contribution < -0.4 is 10.6 Å². The second kappa shape index (κ2) is 7.91. The molecule has 6 heteroatoms. The number of thiophene rings is 1. The molecule has 0 aliphatic carbocycles. The molecule has 0 radical (unpaired) electrons. The lowest BCUT2D eigenvalue weighted by Gasteiger charge is -2.38. The summed E-state index contributed by atoms with van der Waals surface area (Å²) < 4.78 is 1.96. The van der Waals surface area contributed by atoms with Crippen LogP contribution in [0.1, 0.15) is 73.8 Å². The molecule has 1 atom stereocenters. The summed E-state index contributed by atoms with van der Waals surface area (Å²) >= 11 is 1.69. The zero-order valence-electron chi connectivity index (χ0n) is 18.1. The fourth-order valence-electron chi connectivity index (χ4n) is 4.47. The zero-order valence-corrected chi connectivity index (χ0v) is 18.9. The summed E-state index contributed by atoms with van der Waals surface area (Å²) in [6.07, 6.45) is 4.28. The lowest BCUT2D eigenvalue weighted by atomic mass is 9.88. The van der Waals surface area contributed by atoms with Gasteiger partial charge in [0.1, 0.15) is 11.4 Å². The van der Waals surface area contributed by atoms with Gasteiger partial charge in [-0.2, -0.15) is 5.10 Å². The average Bonchev–Trinajstić information content (AvgIpc) is 3.43. The summed E-state index contributed by atoms with van der Waals surface area (Å²) in [6, 6.07) is 14.7. The summed E-state index contributed by atoms with van der Waals surface area (Å²) in [4.78, 5) is 14.7. The molecular weight excluding hydrogens is 392 g/mol. The van der Waals surface area contributed by atoms with Crippen LogP contribution in [0.15, 0.2) is 54.0 Å². The number of carbonyl (C=O) groups excluding carboxylic acids is 1. The van der Waals surface area contributed by atoms with Gasteiger partial charge >= 0.3 is 0 Å². The quantitative estimate of drug-likeness (QED) is 0.537. The molecular formula is C24H30N4OS. The summed E-state index contributed by atoms with van der Waals surface area (Å²) in [5.41, 5.74) is 1.27. The molecule has 0 bridgehead atoms. The number of nitrogens with zero attached hydrogens (tertiary/aromatic N) is 2. The van der Waals surface area contributed by atoms with Gasteiger partial charge in [-0.3, -0.25) is 4.79 Å². The van der Waals surface area contributed by atoms with Crippen molar-refractivity contribution >= 4 is 23.1 Å². The highest BCUT2D eigenvalue weighted by Gasteiger charge is 2.38. The van der Waals surface area contributed by atoms with Gasteiger partial charge in [-0.1, -0.05) is 50.2 Å². The van der Waals surface area contributed by atoms with Gasteiger partial charge in [0.2, 0.25) is 0 Å². The molecule has 1 aliphatic heterocycles. The van der Waals surface area contributed by atoms with Crippen molar-refractivity contribution in [2.75, 3.05) is 5.32 Å². The third-order valence-corrected chi connectivity index (χ3v) is 7.43. The second-order valence-corrected chi connectivity index (χ2v) is 9.61. The molecule has 1 amide bonds. The van der Waals surface area contributed by atoms with Crippen molar-refractivity contribution in [3.8, 4) is 0 Å². The first-order chi connectivity index (χ1) is 14.4. The predicted octanol–water partition coefficient (Wildman–Crippen LogP) is 5.68. The molecule has 0 spiro atoms. The Morgan fingerprint density at radius 1 is 1.23 bits per heavy atom. The van der Waals surface area contributed by atoms with Gasteiger partial charge in [-0.05, 0) is 50.1 Å². The Kier molecular flexibility index (Phi) is 5.45. The molecule has 2 N–H and O–H groups in total. The monoisotopic (exact) mass is 422 g/mol. The maximum absolute atomic E-state index is 13.5. The van der Waals surface area contributed by atoms with Gasteiger partial charge in [0.15, 0.2) is 0 Å². The zero-order chi connectivity index (χ0) is 21.4. The molecule has 0 fully saturated rings. The number of nitrogens with one attached hydrogen (secondary N) is 2. The van der Waals surface area contributed by atoms with Crippen LogP contribution in [-0.2, 0) is 11.1 Å². The molecule has 0 saturated carbocycles. The van der Waals surface area contributed by atoms with Crippen molar-refractivity contribution in [1.29, 1.82) is 0 Å². The largest absolute Gasteiger partial charge is 0.363 e. The van der Waals surface area contributed by atoms with E-state index >= 15 is 0 Å².